The molecule has 0 atom stereocenters. The van der Waals surface area contributed by atoms with Crippen LogP contribution in [0.4, 0.5) is 13.2 Å². The summed E-state index contributed by atoms with van der Waals surface area (Å²) in [5.41, 5.74) is 0.618. The molecule has 0 aliphatic carbocycles. The number of benzene rings is 2. The van der Waals surface area contributed by atoms with Crippen LogP contribution in [0.2, 0.25) is 5.02 Å². The van der Waals surface area contributed by atoms with Crippen LogP contribution in [0.1, 0.15) is 0 Å². The predicted molar refractivity (Wildman–Crippen MR) is 66.4 cm³/mol. The Hall–Kier alpha value is -2.01. The first kappa shape index (κ1) is 12.0. The number of hydrogen-bond acceptors (Lipinski definition) is 1. The molecule has 1 aromatic heterocycles. The van der Waals surface area contributed by atoms with E-state index < -0.39 is 17.5 Å². The highest BCUT2D eigenvalue weighted by molar-refractivity contribution is 6.30. The van der Waals surface area contributed by atoms with Gasteiger partial charge in [-0.3, -0.25) is 0 Å². The molecule has 0 bridgehead atoms. The molecule has 0 amide bonds. The Morgan fingerprint density at radius 3 is 2.53 bits per heavy atom. The van der Waals surface area contributed by atoms with E-state index in [2.05, 4.69) is 9.97 Å². The number of H-pyrrole nitrogens is 1. The number of imidazole rings is 1. The number of fused-ring (bicyclic) bond motifs is 1. The first-order valence-electron chi connectivity index (χ1n) is 5.35. The van der Waals surface area contributed by atoms with Crippen molar-refractivity contribution in [3.05, 3.63) is 52.8 Å². The third kappa shape index (κ3) is 2.06. The third-order valence-corrected chi connectivity index (χ3v) is 3.00. The molecule has 0 radical (unpaired) electrons. The lowest BCUT2D eigenvalue weighted by molar-refractivity contribution is 0.591. The highest BCUT2D eigenvalue weighted by atomic mass is 35.5. The molecule has 0 saturated heterocycles. The molecule has 19 heavy (non-hydrogen) atoms. The van der Waals surface area contributed by atoms with E-state index in [0.29, 0.717) is 5.56 Å². The van der Waals surface area contributed by atoms with E-state index in [0.717, 1.165) is 12.1 Å². The molecule has 0 unspecified atom stereocenters. The summed E-state index contributed by atoms with van der Waals surface area (Å²) in [6.45, 7) is 0. The Labute approximate surface area is 110 Å². The quantitative estimate of drug-likeness (QED) is 0.708. The van der Waals surface area contributed by atoms with E-state index in [1.54, 1.807) is 0 Å². The lowest BCUT2D eigenvalue weighted by Gasteiger charge is -1.98. The Balaban J connectivity index is 2.20. The first-order chi connectivity index (χ1) is 9.04. The van der Waals surface area contributed by atoms with Crippen LogP contribution < -0.4 is 0 Å². The van der Waals surface area contributed by atoms with E-state index in [4.69, 9.17) is 11.6 Å². The number of hydrogen-bond donors (Lipinski definition) is 1. The molecule has 0 saturated carbocycles. The largest absolute Gasteiger partial charge is 0.338 e. The normalized spacial score (nSPS) is 11.2. The van der Waals surface area contributed by atoms with Gasteiger partial charge in [-0.05, 0) is 24.3 Å². The Morgan fingerprint density at radius 1 is 1.00 bits per heavy atom. The Bertz CT molecular complexity index is 783. The molecule has 0 aliphatic heterocycles. The number of nitrogens with one attached hydrogen (secondary N) is 1. The summed E-state index contributed by atoms with van der Waals surface area (Å²) in [5, 5.41) is -0.0166. The van der Waals surface area contributed by atoms with Crippen molar-refractivity contribution < 1.29 is 13.2 Å². The molecule has 2 nitrogen and oxygen atoms in total. The van der Waals surface area contributed by atoms with Crippen LogP contribution >= 0.6 is 11.6 Å². The topological polar surface area (TPSA) is 28.7 Å². The molecule has 0 spiro atoms. The lowest BCUT2D eigenvalue weighted by atomic mass is 10.2. The van der Waals surface area contributed by atoms with Gasteiger partial charge in [0.1, 0.15) is 23.0 Å². The summed E-state index contributed by atoms with van der Waals surface area (Å²) in [6.07, 6.45) is 0. The van der Waals surface area contributed by atoms with E-state index in [-0.39, 0.29) is 21.9 Å². The molecule has 3 aromatic rings. The van der Waals surface area contributed by atoms with Gasteiger partial charge < -0.3 is 4.98 Å². The summed E-state index contributed by atoms with van der Waals surface area (Å²) in [7, 11) is 0. The zero-order valence-corrected chi connectivity index (χ0v) is 10.1. The summed E-state index contributed by atoms with van der Waals surface area (Å²) in [5.74, 6) is -1.84. The minimum absolute atomic E-state index is 0.00626. The fourth-order valence-corrected chi connectivity index (χ4v) is 1.94. The van der Waals surface area contributed by atoms with Crippen molar-refractivity contribution in [2.45, 2.75) is 0 Å². The number of halogens is 4. The van der Waals surface area contributed by atoms with Gasteiger partial charge in [0.05, 0.1) is 10.5 Å². The maximum atomic E-state index is 13.5. The maximum Gasteiger partial charge on any atom is 0.153 e. The molecule has 6 heteroatoms. The van der Waals surface area contributed by atoms with E-state index in [1.165, 1.54) is 18.2 Å². The molecular weight excluding hydrogens is 277 g/mol. The molecule has 0 aliphatic rings. The number of aromatic nitrogens is 2. The van der Waals surface area contributed by atoms with Crippen molar-refractivity contribution in [1.82, 2.24) is 9.97 Å². The van der Waals surface area contributed by atoms with Crippen molar-refractivity contribution in [2.75, 3.05) is 0 Å². The van der Waals surface area contributed by atoms with Gasteiger partial charge in [-0.1, -0.05) is 11.6 Å². The van der Waals surface area contributed by atoms with Gasteiger partial charge in [0.15, 0.2) is 5.82 Å². The zero-order valence-electron chi connectivity index (χ0n) is 9.35. The molecule has 96 valence electrons. The highest BCUT2D eigenvalue weighted by Crippen LogP contribution is 2.25. The highest BCUT2D eigenvalue weighted by Gasteiger charge is 2.12. The van der Waals surface area contributed by atoms with Crippen LogP contribution in [0.25, 0.3) is 22.4 Å². The van der Waals surface area contributed by atoms with Crippen molar-refractivity contribution in [2.24, 2.45) is 0 Å². The Kier molecular flexibility index (Phi) is 2.71. The monoisotopic (exact) mass is 282 g/mol. The average molecular weight is 283 g/mol. The number of aromatic amines is 1. The predicted octanol–water partition coefficient (Wildman–Crippen LogP) is 4.30. The molecule has 3 rings (SSSR count). The standard InChI is InChI=1S/C13H6ClF3N2/c14-8-2-1-6(3-9(8)16)13-18-11-5-7(15)4-10(17)12(11)19-13/h1-5H,(H,18,19). The van der Waals surface area contributed by atoms with Gasteiger partial charge in [0.2, 0.25) is 0 Å². The third-order valence-electron chi connectivity index (χ3n) is 2.70. The molecule has 2 aromatic carbocycles. The van der Waals surface area contributed by atoms with Crippen molar-refractivity contribution in [3.8, 4) is 11.4 Å². The van der Waals surface area contributed by atoms with Gasteiger partial charge in [0.25, 0.3) is 0 Å². The van der Waals surface area contributed by atoms with E-state index in [9.17, 15) is 13.2 Å². The van der Waals surface area contributed by atoms with Crippen LogP contribution in [-0.2, 0) is 0 Å². The fraction of sp³-hybridized carbons (Fsp3) is 0. The number of nitrogens with zero attached hydrogens (tertiary/aromatic N) is 1. The second-order valence-electron chi connectivity index (χ2n) is 4.00. The average Bonchev–Trinajstić information content (AvgIpc) is 2.76. The minimum atomic E-state index is -0.771. The van der Waals surface area contributed by atoms with Gasteiger partial charge in [-0.2, -0.15) is 0 Å². The zero-order chi connectivity index (χ0) is 13.6. The van der Waals surface area contributed by atoms with Crippen LogP contribution in [0, 0.1) is 17.5 Å². The van der Waals surface area contributed by atoms with Crippen molar-refractivity contribution >= 4 is 22.6 Å². The van der Waals surface area contributed by atoms with Gasteiger partial charge in [0, 0.05) is 11.6 Å². The fourth-order valence-electron chi connectivity index (χ4n) is 1.82. The molecule has 1 heterocycles. The summed E-state index contributed by atoms with van der Waals surface area (Å²) in [4.78, 5) is 6.73. The lowest BCUT2D eigenvalue weighted by Crippen LogP contribution is -1.83. The van der Waals surface area contributed by atoms with E-state index in [1.807, 2.05) is 0 Å². The van der Waals surface area contributed by atoms with Crippen LogP contribution in [-0.4, -0.2) is 9.97 Å². The van der Waals surface area contributed by atoms with Crippen molar-refractivity contribution in [1.29, 1.82) is 0 Å². The smallest absolute Gasteiger partial charge is 0.153 e. The SMILES string of the molecule is Fc1cc(F)c2nc(-c3ccc(Cl)c(F)c3)[nH]c2c1. The van der Waals surface area contributed by atoms with Gasteiger partial charge >= 0.3 is 0 Å². The summed E-state index contributed by atoms with van der Waals surface area (Å²) >= 11 is 5.58. The van der Waals surface area contributed by atoms with Gasteiger partial charge in [-0.25, -0.2) is 18.2 Å². The van der Waals surface area contributed by atoms with Gasteiger partial charge in [-0.15, -0.1) is 0 Å². The van der Waals surface area contributed by atoms with E-state index >= 15 is 0 Å². The van der Waals surface area contributed by atoms with Crippen LogP contribution in [0.5, 0.6) is 0 Å². The molecule has 1 N–H and O–H groups in total. The molecular formula is C13H6ClF3N2. The molecule has 0 fully saturated rings. The summed E-state index contributed by atoms with van der Waals surface area (Å²) in [6, 6.07) is 5.96. The maximum absolute atomic E-state index is 13.5. The van der Waals surface area contributed by atoms with Crippen LogP contribution in [0.3, 0.4) is 0 Å². The first-order valence-corrected chi connectivity index (χ1v) is 5.72. The second-order valence-corrected chi connectivity index (χ2v) is 4.41. The van der Waals surface area contributed by atoms with Crippen LogP contribution in [0.15, 0.2) is 30.3 Å². The summed E-state index contributed by atoms with van der Waals surface area (Å²) < 4.78 is 39.9. The second kappa shape index (κ2) is 4.28. The van der Waals surface area contributed by atoms with Crippen molar-refractivity contribution in [3.63, 3.8) is 0 Å². The minimum Gasteiger partial charge on any atom is -0.338 e. The Morgan fingerprint density at radius 2 is 1.79 bits per heavy atom. The number of rotatable bonds is 1.